The van der Waals surface area contributed by atoms with Gasteiger partial charge in [0, 0.05) is 12.8 Å². The molecule has 2 N–H and O–H groups in total. The number of phosphoric ester groups is 1. The number of carbonyl (C=O) groups is 2. The van der Waals surface area contributed by atoms with E-state index in [0.717, 1.165) is 83.5 Å². The molecule has 0 amide bonds. The van der Waals surface area contributed by atoms with Crippen molar-refractivity contribution in [1.29, 1.82) is 0 Å². The van der Waals surface area contributed by atoms with Crippen LogP contribution in [0.25, 0.3) is 0 Å². The molecule has 0 aromatic rings. The summed E-state index contributed by atoms with van der Waals surface area (Å²) in [6.45, 7) is 3.41. The van der Waals surface area contributed by atoms with Gasteiger partial charge in [0.2, 0.25) is 0 Å². The van der Waals surface area contributed by atoms with E-state index in [9.17, 15) is 14.2 Å². The maximum absolute atomic E-state index is 12.3. The van der Waals surface area contributed by atoms with Gasteiger partial charge >= 0.3 is 19.8 Å². The van der Waals surface area contributed by atoms with Crippen LogP contribution in [0.5, 0.6) is 0 Å². The fourth-order valence-electron chi connectivity index (χ4n) is 4.35. The molecule has 0 aromatic carbocycles. The molecule has 9 heteroatoms. The van der Waals surface area contributed by atoms with Crippen molar-refractivity contribution in [1.82, 2.24) is 0 Å². The Hall–Kier alpha value is -3.03. The van der Waals surface area contributed by atoms with E-state index >= 15 is 0 Å². The summed E-state index contributed by atoms with van der Waals surface area (Å²) in [5.74, 6) is -0.983. The minimum atomic E-state index is -4.78. The highest BCUT2D eigenvalue weighted by Crippen LogP contribution is 2.35. The minimum absolute atomic E-state index is 0.146. The fraction of sp³-hybridized carbons (Fsp3) is 0.561. The van der Waals surface area contributed by atoms with E-state index in [1.807, 2.05) is 0 Å². The summed E-state index contributed by atoms with van der Waals surface area (Å²) in [6.07, 6.45) is 48.4. The monoisotopic (exact) mass is 716 g/mol. The van der Waals surface area contributed by atoms with Crippen LogP contribution in [0.15, 0.2) is 97.2 Å². The molecule has 0 aliphatic carbocycles. The van der Waals surface area contributed by atoms with Gasteiger partial charge in [0.25, 0.3) is 0 Å². The minimum Gasteiger partial charge on any atom is -0.462 e. The third kappa shape index (κ3) is 37.8. The van der Waals surface area contributed by atoms with E-state index in [0.29, 0.717) is 12.8 Å². The summed E-state index contributed by atoms with van der Waals surface area (Å²) in [7, 11) is -4.78. The Bertz CT molecular complexity index is 1120. The highest BCUT2D eigenvalue weighted by Gasteiger charge is 2.22. The third-order valence-corrected chi connectivity index (χ3v) is 7.55. The standard InChI is InChI=1S/C41H65O8P/c1-3-5-7-9-11-13-15-17-19-20-22-23-25-27-29-31-33-35-40(42)47-37-39(38-48-50(44,45)46)49-41(43)36-34-32-30-28-26-24-21-18-16-14-12-10-8-6-4-2/h6-9,12-15,18-21,23,25-26,28,39H,3-5,10-11,16-17,22,24,27,29-38H2,1-2H3,(H2,44,45,46)/b8-6+,9-7+,14-12+,15-13+,20-19+,21-18+,25-23+,28-26+/t39-/m1/s1. The lowest BCUT2D eigenvalue weighted by molar-refractivity contribution is -0.161. The summed E-state index contributed by atoms with van der Waals surface area (Å²) in [5, 5.41) is 0. The second kappa shape index (κ2) is 35.8. The van der Waals surface area contributed by atoms with Crippen molar-refractivity contribution in [2.75, 3.05) is 13.2 Å². The van der Waals surface area contributed by atoms with Crippen LogP contribution in [-0.4, -0.2) is 41.0 Å². The summed E-state index contributed by atoms with van der Waals surface area (Å²) in [4.78, 5) is 42.7. The van der Waals surface area contributed by atoms with Crippen LogP contribution in [0.4, 0.5) is 0 Å². The van der Waals surface area contributed by atoms with Crippen molar-refractivity contribution >= 4 is 19.8 Å². The average Bonchev–Trinajstić information content (AvgIpc) is 3.08. The highest BCUT2D eigenvalue weighted by molar-refractivity contribution is 7.46. The number of ether oxygens (including phenoxy) is 2. The number of unbranched alkanes of at least 4 members (excludes halogenated alkanes) is 6. The van der Waals surface area contributed by atoms with Crippen molar-refractivity contribution in [2.24, 2.45) is 0 Å². The number of phosphoric acid groups is 1. The molecule has 282 valence electrons. The van der Waals surface area contributed by atoms with Crippen LogP contribution in [0, 0.1) is 0 Å². The van der Waals surface area contributed by atoms with Crippen LogP contribution in [-0.2, 0) is 28.2 Å². The van der Waals surface area contributed by atoms with Crippen LogP contribution in [0.3, 0.4) is 0 Å². The predicted molar refractivity (Wildman–Crippen MR) is 206 cm³/mol. The van der Waals surface area contributed by atoms with Gasteiger partial charge in [0.1, 0.15) is 6.61 Å². The molecule has 0 aliphatic heterocycles. The van der Waals surface area contributed by atoms with Gasteiger partial charge in [0.05, 0.1) is 6.61 Å². The van der Waals surface area contributed by atoms with Crippen molar-refractivity contribution < 1.29 is 37.9 Å². The second-order valence-electron chi connectivity index (χ2n) is 11.8. The van der Waals surface area contributed by atoms with E-state index in [4.69, 9.17) is 19.3 Å². The van der Waals surface area contributed by atoms with Crippen LogP contribution >= 0.6 is 7.82 Å². The maximum atomic E-state index is 12.3. The maximum Gasteiger partial charge on any atom is 0.469 e. The molecule has 0 aliphatic rings. The Morgan fingerprint density at radius 1 is 0.540 bits per heavy atom. The van der Waals surface area contributed by atoms with Crippen molar-refractivity contribution in [2.45, 2.75) is 136 Å². The fourth-order valence-corrected chi connectivity index (χ4v) is 4.71. The first-order valence-electron chi connectivity index (χ1n) is 18.5. The van der Waals surface area contributed by atoms with Gasteiger partial charge in [-0.2, -0.15) is 0 Å². The first-order chi connectivity index (χ1) is 24.3. The summed E-state index contributed by atoms with van der Waals surface area (Å²) in [6, 6.07) is 0. The van der Waals surface area contributed by atoms with E-state index in [1.165, 1.54) is 6.42 Å². The number of carbonyl (C=O) groups excluding carboxylic acids is 2. The van der Waals surface area contributed by atoms with Gasteiger partial charge in [0.15, 0.2) is 6.10 Å². The van der Waals surface area contributed by atoms with Gasteiger partial charge in [-0.1, -0.05) is 124 Å². The Morgan fingerprint density at radius 3 is 1.44 bits per heavy atom. The molecule has 0 bridgehead atoms. The number of esters is 2. The molecule has 0 rings (SSSR count). The predicted octanol–water partition coefficient (Wildman–Crippen LogP) is 11.1. The van der Waals surface area contributed by atoms with Crippen LogP contribution < -0.4 is 0 Å². The van der Waals surface area contributed by atoms with Crippen molar-refractivity contribution in [3.63, 3.8) is 0 Å². The summed E-state index contributed by atoms with van der Waals surface area (Å²) < 4.78 is 26.2. The Morgan fingerprint density at radius 2 is 0.960 bits per heavy atom. The molecule has 50 heavy (non-hydrogen) atoms. The van der Waals surface area contributed by atoms with E-state index < -0.39 is 32.5 Å². The lowest BCUT2D eigenvalue weighted by Gasteiger charge is -2.18. The average molecular weight is 717 g/mol. The molecule has 0 radical (unpaired) electrons. The van der Waals surface area contributed by atoms with Crippen LogP contribution in [0.1, 0.15) is 129 Å². The Labute approximate surface area is 303 Å². The zero-order valence-corrected chi connectivity index (χ0v) is 31.6. The van der Waals surface area contributed by atoms with Gasteiger partial charge in [-0.3, -0.25) is 14.1 Å². The lowest BCUT2D eigenvalue weighted by atomic mass is 10.1. The molecule has 0 saturated heterocycles. The Balaban J connectivity index is 4.14. The molecule has 0 unspecified atom stereocenters. The Kier molecular flexibility index (Phi) is 33.6. The van der Waals surface area contributed by atoms with Crippen molar-refractivity contribution in [3.05, 3.63) is 97.2 Å². The van der Waals surface area contributed by atoms with Crippen molar-refractivity contribution in [3.8, 4) is 0 Å². The molecule has 0 heterocycles. The first kappa shape index (κ1) is 47.0. The molecule has 0 saturated carbocycles. The van der Waals surface area contributed by atoms with E-state index in [-0.39, 0.29) is 19.4 Å². The molecule has 8 nitrogen and oxygen atoms in total. The van der Waals surface area contributed by atoms with Gasteiger partial charge < -0.3 is 19.3 Å². The van der Waals surface area contributed by atoms with Crippen LogP contribution in [0.2, 0.25) is 0 Å². The molecule has 0 fully saturated rings. The number of rotatable bonds is 32. The van der Waals surface area contributed by atoms with Gasteiger partial charge in [-0.25, -0.2) is 4.57 Å². The molecule has 0 spiro atoms. The van der Waals surface area contributed by atoms with Gasteiger partial charge in [-0.15, -0.1) is 0 Å². The molecule has 1 atom stereocenters. The summed E-state index contributed by atoms with van der Waals surface area (Å²) in [5.41, 5.74) is 0. The topological polar surface area (TPSA) is 119 Å². The molecular formula is C41H65O8P. The van der Waals surface area contributed by atoms with E-state index in [1.54, 1.807) is 0 Å². The number of hydrogen-bond acceptors (Lipinski definition) is 6. The van der Waals surface area contributed by atoms with E-state index in [2.05, 4.69) is 116 Å². The quantitative estimate of drug-likeness (QED) is 0.0305. The third-order valence-electron chi connectivity index (χ3n) is 7.07. The zero-order valence-electron chi connectivity index (χ0n) is 30.7. The summed E-state index contributed by atoms with van der Waals surface area (Å²) >= 11 is 0. The number of allylic oxidation sites excluding steroid dienone is 16. The normalized spacial score (nSPS) is 13.6. The smallest absolute Gasteiger partial charge is 0.462 e. The highest BCUT2D eigenvalue weighted by atomic mass is 31.2. The molecular weight excluding hydrogens is 651 g/mol. The second-order valence-corrected chi connectivity index (χ2v) is 13.0. The largest absolute Gasteiger partial charge is 0.469 e. The SMILES string of the molecule is CC/C=C/C/C=C/C/C=C/C/C=C/CCCCC(=O)O[C@H](COC(=O)CCCCC/C=C/C/C=C/C/C=C/C/C=C/CCC)COP(=O)(O)O. The molecule has 0 aromatic heterocycles. The van der Waals surface area contributed by atoms with Gasteiger partial charge in [-0.05, 0) is 89.9 Å². The first-order valence-corrected chi connectivity index (χ1v) is 20.1. The lowest BCUT2D eigenvalue weighted by Crippen LogP contribution is -2.29. The number of hydrogen-bond donors (Lipinski definition) is 2. The zero-order chi connectivity index (χ0) is 36.8.